The summed E-state index contributed by atoms with van der Waals surface area (Å²) in [4.78, 5) is 19.2. The molecule has 238 valence electrons. The number of aromatic nitrogens is 1. The summed E-state index contributed by atoms with van der Waals surface area (Å²) in [5.74, 6) is -0.153. The van der Waals surface area contributed by atoms with Crippen LogP contribution in [0.3, 0.4) is 0 Å². The topological polar surface area (TPSA) is 83.9 Å². The lowest BCUT2D eigenvalue weighted by Gasteiger charge is -2.39. The molecule has 1 aliphatic carbocycles. The van der Waals surface area contributed by atoms with Gasteiger partial charge in [0.2, 0.25) is 0 Å². The van der Waals surface area contributed by atoms with Crippen LogP contribution in [0.5, 0.6) is 0 Å². The first-order chi connectivity index (χ1) is 22.6. The number of pyridine rings is 1. The van der Waals surface area contributed by atoms with Gasteiger partial charge in [-0.1, -0.05) is 91.7 Å². The standard InChI is InChI=1S/C39H43N3O4/c1-2-22-42(34-10-4-5-11-34)26-35-23-37(30-15-13-28(27-43)14-16-30)46-39(45-35)31-19-17-29(18-20-31)36-12-6-3-8-32(36)25-41-38(44)33-9-7-21-40-24-33/h2-3,6-9,12-21,24,34-35,37,39,43H,1,4-5,10-11,22-23,25-27H2,(H,41,44). The summed E-state index contributed by atoms with van der Waals surface area (Å²) in [7, 11) is 0. The maximum absolute atomic E-state index is 12.7. The van der Waals surface area contributed by atoms with E-state index in [-0.39, 0.29) is 24.7 Å². The maximum atomic E-state index is 12.7. The van der Waals surface area contributed by atoms with Gasteiger partial charge in [0.15, 0.2) is 6.29 Å². The van der Waals surface area contributed by atoms with E-state index < -0.39 is 6.29 Å². The number of carbonyl (C=O) groups is 1. The van der Waals surface area contributed by atoms with Crippen LogP contribution in [0, 0.1) is 0 Å². The summed E-state index contributed by atoms with van der Waals surface area (Å²) in [5, 5.41) is 12.6. The highest BCUT2D eigenvalue weighted by atomic mass is 16.7. The highest BCUT2D eigenvalue weighted by molar-refractivity contribution is 5.93. The first kappa shape index (κ1) is 31.8. The normalized spacial score (nSPS) is 20.1. The van der Waals surface area contributed by atoms with Gasteiger partial charge in [-0.3, -0.25) is 14.7 Å². The number of carbonyl (C=O) groups excluding carboxylic acids is 1. The zero-order valence-corrected chi connectivity index (χ0v) is 26.3. The van der Waals surface area contributed by atoms with Crippen molar-refractivity contribution in [2.75, 3.05) is 13.1 Å². The van der Waals surface area contributed by atoms with Crippen LogP contribution in [0.15, 0.2) is 110 Å². The number of hydrogen-bond acceptors (Lipinski definition) is 6. The smallest absolute Gasteiger partial charge is 0.253 e. The molecule has 1 aromatic heterocycles. The number of aliphatic hydroxyl groups excluding tert-OH is 1. The molecule has 7 heteroatoms. The van der Waals surface area contributed by atoms with Crippen molar-refractivity contribution in [3.05, 3.63) is 138 Å². The fourth-order valence-electron chi connectivity index (χ4n) is 6.65. The minimum Gasteiger partial charge on any atom is -0.392 e. The predicted octanol–water partition coefficient (Wildman–Crippen LogP) is 7.15. The Balaban J connectivity index is 1.20. The number of rotatable bonds is 12. The second-order valence-corrected chi connectivity index (χ2v) is 12.2. The van der Waals surface area contributed by atoms with E-state index in [9.17, 15) is 9.90 Å². The molecule has 3 unspecified atom stereocenters. The van der Waals surface area contributed by atoms with Gasteiger partial charge in [0.25, 0.3) is 5.91 Å². The van der Waals surface area contributed by atoms with Gasteiger partial charge in [0, 0.05) is 50.1 Å². The minimum absolute atomic E-state index is 0.00866. The predicted molar refractivity (Wildman–Crippen MR) is 180 cm³/mol. The molecule has 46 heavy (non-hydrogen) atoms. The Morgan fingerprint density at radius 3 is 2.43 bits per heavy atom. The number of hydrogen-bond donors (Lipinski definition) is 2. The fourth-order valence-corrected chi connectivity index (χ4v) is 6.65. The van der Waals surface area contributed by atoms with Gasteiger partial charge in [-0.15, -0.1) is 6.58 Å². The summed E-state index contributed by atoms with van der Waals surface area (Å²) in [5.41, 5.74) is 6.61. The minimum atomic E-state index is -0.515. The fraction of sp³-hybridized carbons (Fsp3) is 0.333. The van der Waals surface area contributed by atoms with E-state index >= 15 is 0 Å². The molecular formula is C39H43N3O4. The summed E-state index contributed by atoms with van der Waals surface area (Å²) in [6.07, 6.45) is 10.3. The molecule has 0 radical (unpaired) electrons. The molecule has 4 aromatic rings. The molecule has 7 nitrogen and oxygen atoms in total. The molecule has 0 bridgehead atoms. The Kier molecular flexibility index (Phi) is 10.7. The van der Waals surface area contributed by atoms with Crippen LogP contribution in [0.4, 0.5) is 0 Å². The van der Waals surface area contributed by atoms with Crippen molar-refractivity contribution in [1.82, 2.24) is 15.2 Å². The van der Waals surface area contributed by atoms with Crippen molar-refractivity contribution in [1.29, 1.82) is 0 Å². The summed E-state index contributed by atoms with van der Waals surface area (Å²) < 4.78 is 13.3. The van der Waals surface area contributed by atoms with Gasteiger partial charge in [-0.25, -0.2) is 0 Å². The van der Waals surface area contributed by atoms with E-state index in [2.05, 4.69) is 64.2 Å². The lowest BCUT2D eigenvalue weighted by atomic mass is 9.97. The van der Waals surface area contributed by atoms with Crippen molar-refractivity contribution < 1.29 is 19.4 Å². The van der Waals surface area contributed by atoms with Gasteiger partial charge in [-0.2, -0.15) is 0 Å². The Bertz CT molecular complexity index is 1570. The molecule has 1 aliphatic heterocycles. The Hall–Kier alpha value is -4.14. The van der Waals surface area contributed by atoms with E-state index in [1.54, 1.807) is 24.5 Å². The summed E-state index contributed by atoms with van der Waals surface area (Å²) in [6.45, 7) is 6.13. The van der Waals surface area contributed by atoms with E-state index in [0.29, 0.717) is 18.2 Å². The van der Waals surface area contributed by atoms with Crippen molar-refractivity contribution in [3.8, 4) is 11.1 Å². The molecule has 2 N–H and O–H groups in total. The molecule has 1 amide bonds. The van der Waals surface area contributed by atoms with Gasteiger partial charge >= 0.3 is 0 Å². The third kappa shape index (κ3) is 7.80. The Labute approximate surface area is 271 Å². The monoisotopic (exact) mass is 617 g/mol. The van der Waals surface area contributed by atoms with E-state index in [4.69, 9.17) is 9.47 Å². The van der Waals surface area contributed by atoms with Gasteiger partial charge in [-0.05, 0) is 52.8 Å². The van der Waals surface area contributed by atoms with Crippen LogP contribution < -0.4 is 5.32 Å². The Morgan fingerprint density at radius 2 is 1.72 bits per heavy atom. The molecule has 6 rings (SSSR count). The number of nitrogens with zero attached hydrogens (tertiary/aromatic N) is 2. The molecule has 2 heterocycles. The zero-order chi connectivity index (χ0) is 31.7. The number of aliphatic hydroxyl groups is 1. The van der Waals surface area contributed by atoms with Crippen molar-refractivity contribution in [2.24, 2.45) is 0 Å². The first-order valence-electron chi connectivity index (χ1n) is 16.3. The maximum Gasteiger partial charge on any atom is 0.253 e. The average molecular weight is 618 g/mol. The van der Waals surface area contributed by atoms with Crippen LogP contribution >= 0.6 is 0 Å². The first-order valence-corrected chi connectivity index (χ1v) is 16.3. The second-order valence-electron chi connectivity index (χ2n) is 12.2. The molecule has 0 spiro atoms. The molecule has 2 aliphatic rings. The van der Waals surface area contributed by atoms with E-state index in [1.807, 2.05) is 36.4 Å². The molecule has 1 saturated heterocycles. The van der Waals surface area contributed by atoms with Crippen LogP contribution in [-0.2, 0) is 22.6 Å². The molecule has 1 saturated carbocycles. The van der Waals surface area contributed by atoms with Gasteiger partial charge in [0.05, 0.1) is 24.4 Å². The number of nitrogens with one attached hydrogen (secondary N) is 1. The SMILES string of the molecule is C=CCN(CC1CC(c2ccc(CO)cc2)OC(c2ccc(-c3ccccc3CNC(=O)c3cccnc3)cc2)O1)C1CCCC1. The van der Waals surface area contributed by atoms with Gasteiger partial charge < -0.3 is 19.9 Å². The third-order valence-corrected chi connectivity index (χ3v) is 9.13. The molecule has 2 fully saturated rings. The quantitative estimate of drug-likeness (QED) is 0.164. The van der Waals surface area contributed by atoms with Crippen molar-refractivity contribution in [2.45, 2.75) is 69.8 Å². The van der Waals surface area contributed by atoms with Crippen molar-refractivity contribution >= 4 is 5.91 Å². The van der Waals surface area contributed by atoms with E-state index in [0.717, 1.165) is 52.9 Å². The van der Waals surface area contributed by atoms with Crippen LogP contribution in [0.1, 0.15) is 77.1 Å². The second kappa shape index (κ2) is 15.4. The van der Waals surface area contributed by atoms with Crippen LogP contribution in [0.2, 0.25) is 0 Å². The lowest BCUT2D eigenvalue weighted by Crippen LogP contribution is -2.43. The van der Waals surface area contributed by atoms with Crippen LogP contribution in [-0.4, -0.2) is 46.1 Å². The highest BCUT2D eigenvalue weighted by Crippen LogP contribution is 2.39. The average Bonchev–Trinajstić information content (AvgIpc) is 3.66. The summed E-state index contributed by atoms with van der Waals surface area (Å²) in [6, 6.07) is 28.6. The van der Waals surface area contributed by atoms with Crippen LogP contribution in [0.25, 0.3) is 11.1 Å². The van der Waals surface area contributed by atoms with Crippen molar-refractivity contribution in [3.63, 3.8) is 0 Å². The number of ether oxygens (including phenoxy) is 2. The summed E-state index contributed by atoms with van der Waals surface area (Å²) >= 11 is 0. The molecule has 3 atom stereocenters. The Morgan fingerprint density at radius 1 is 0.957 bits per heavy atom. The number of benzene rings is 3. The number of amides is 1. The third-order valence-electron chi connectivity index (χ3n) is 9.13. The zero-order valence-electron chi connectivity index (χ0n) is 26.3. The van der Waals surface area contributed by atoms with E-state index in [1.165, 1.54) is 25.7 Å². The lowest BCUT2D eigenvalue weighted by molar-refractivity contribution is -0.253. The highest BCUT2D eigenvalue weighted by Gasteiger charge is 2.34. The largest absolute Gasteiger partial charge is 0.392 e. The molecular weight excluding hydrogens is 574 g/mol. The molecule has 3 aromatic carbocycles. The van der Waals surface area contributed by atoms with Gasteiger partial charge in [0.1, 0.15) is 0 Å².